The molecule has 114 valence electrons. The van der Waals surface area contributed by atoms with Crippen LogP contribution in [0.25, 0.3) is 0 Å². The number of furan rings is 1. The number of aliphatic hydroxyl groups excluding tert-OH is 1. The van der Waals surface area contributed by atoms with Crippen molar-refractivity contribution < 1.29 is 17.9 Å². The molecule has 20 heavy (non-hydrogen) atoms. The second kappa shape index (κ2) is 6.28. The van der Waals surface area contributed by atoms with Crippen LogP contribution in [0, 0.1) is 19.8 Å². The predicted molar refractivity (Wildman–Crippen MR) is 75.9 cm³/mol. The summed E-state index contributed by atoms with van der Waals surface area (Å²) in [7, 11) is -3.62. The molecular formula is C14H23NO4S. The standard InChI is InChI=1S/C14H23NO4S/c1-10-13(9-16)14(11(2)19-10)20(17,18)15-8-12-6-4-3-5-7-12/h12,15-16H,3-9H2,1-2H3. The summed E-state index contributed by atoms with van der Waals surface area (Å²) in [4.78, 5) is 0.105. The van der Waals surface area contributed by atoms with Gasteiger partial charge in [-0.15, -0.1) is 0 Å². The van der Waals surface area contributed by atoms with Gasteiger partial charge in [0.25, 0.3) is 0 Å². The van der Waals surface area contributed by atoms with Crippen molar-refractivity contribution in [2.75, 3.05) is 6.54 Å². The minimum atomic E-state index is -3.62. The second-order valence-electron chi connectivity index (χ2n) is 5.54. The lowest BCUT2D eigenvalue weighted by Gasteiger charge is -2.21. The molecule has 0 aliphatic heterocycles. The molecule has 0 atom stereocenters. The van der Waals surface area contributed by atoms with Crippen molar-refractivity contribution in [3.05, 3.63) is 17.1 Å². The minimum Gasteiger partial charge on any atom is -0.465 e. The second-order valence-corrected chi connectivity index (χ2v) is 7.24. The topological polar surface area (TPSA) is 79.5 Å². The molecule has 2 N–H and O–H groups in total. The maximum absolute atomic E-state index is 12.4. The SMILES string of the molecule is Cc1oc(C)c(S(=O)(=O)NCC2CCCCC2)c1CO. The van der Waals surface area contributed by atoms with E-state index in [1.165, 1.54) is 19.3 Å². The molecule has 0 spiro atoms. The molecule has 2 rings (SSSR count). The molecule has 0 aromatic carbocycles. The first-order chi connectivity index (χ1) is 9.45. The van der Waals surface area contributed by atoms with Crippen molar-refractivity contribution in [2.45, 2.75) is 57.5 Å². The monoisotopic (exact) mass is 301 g/mol. The van der Waals surface area contributed by atoms with Gasteiger partial charge in [0.05, 0.1) is 6.61 Å². The summed E-state index contributed by atoms with van der Waals surface area (Å²) >= 11 is 0. The summed E-state index contributed by atoms with van der Waals surface area (Å²) < 4.78 is 32.8. The quantitative estimate of drug-likeness (QED) is 0.874. The molecule has 1 saturated carbocycles. The summed E-state index contributed by atoms with van der Waals surface area (Å²) in [6.07, 6.45) is 5.77. The van der Waals surface area contributed by atoms with Crippen LogP contribution in [0.5, 0.6) is 0 Å². The molecule has 5 nitrogen and oxygen atoms in total. The van der Waals surface area contributed by atoms with Crippen LogP contribution in [0.15, 0.2) is 9.31 Å². The van der Waals surface area contributed by atoms with Gasteiger partial charge in [0.2, 0.25) is 10.0 Å². The number of sulfonamides is 1. The average molecular weight is 301 g/mol. The highest BCUT2D eigenvalue weighted by molar-refractivity contribution is 7.89. The number of rotatable bonds is 5. The van der Waals surface area contributed by atoms with Crippen LogP contribution in [0.1, 0.15) is 49.2 Å². The van der Waals surface area contributed by atoms with Crippen LogP contribution in [0.2, 0.25) is 0 Å². The zero-order valence-corrected chi connectivity index (χ0v) is 12.9. The Labute approximate surface area is 120 Å². The van der Waals surface area contributed by atoms with Crippen molar-refractivity contribution in [3.8, 4) is 0 Å². The highest BCUT2D eigenvalue weighted by atomic mass is 32.2. The maximum Gasteiger partial charge on any atom is 0.244 e. The molecule has 1 heterocycles. The van der Waals surface area contributed by atoms with Gasteiger partial charge in [0.1, 0.15) is 16.4 Å². The van der Waals surface area contributed by atoms with Gasteiger partial charge >= 0.3 is 0 Å². The zero-order valence-electron chi connectivity index (χ0n) is 12.1. The van der Waals surface area contributed by atoms with Gasteiger partial charge in [-0.2, -0.15) is 0 Å². The number of aliphatic hydroxyl groups is 1. The van der Waals surface area contributed by atoms with E-state index >= 15 is 0 Å². The molecule has 0 saturated heterocycles. The molecule has 0 bridgehead atoms. The molecule has 1 fully saturated rings. The van der Waals surface area contributed by atoms with Crippen molar-refractivity contribution >= 4 is 10.0 Å². The van der Waals surface area contributed by atoms with Crippen molar-refractivity contribution in [2.24, 2.45) is 5.92 Å². The van der Waals surface area contributed by atoms with Gasteiger partial charge < -0.3 is 9.52 Å². The first kappa shape index (κ1) is 15.5. The third-order valence-electron chi connectivity index (χ3n) is 4.04. The summed E-state index contributed by atoms with van der Waals surface area (Å²) in [5.41, 5.74) is 0.360. The van der Waals surface area contributed by atoms with Gasteiger partial charge in [-0.3, -0.25) is 0 Å². The van der Waals surface area contributed by atoms with E-state index in [4.69, 9.17) is 4.42 Å². The summed E-state index contributed by atoms with van der Waals surface area (Å²) in [5, 5.41) is 9.34. The molecule has 0 radical (unpaired) electrons. The zero-order chi connectivity index (χ0) is 14.8. The lowest BCUT2D eigenvalue weighted by molar-refractivity contribution is 0.276. The Morgan fingerprint density at radius 1 is 1.20 bits per heavy atom. The number of hydrogen-bond donors (Lipinski definition) is 2. The van der Waals surface area contributed by atoms with E-state index in [-0.39, 0.29) is 11.5 Å². The van der Waals surface area contributed by atoms with Gasteiger partial charge in [0, 0.05) is 12.1 Å². The van der Waals surface area contributed by atoms with E-state index in [1.54, 1.807) is 13.8 Å². The Hall–Kier alpha value is -0.850. The molecule has 0 unspecified atom stereocenters. The van der Waals surface area contributed by atoms with Crippen LogP contribution in [0.4, 0.5) is 0 Å². The van der Waals surface area contributed by atoms with Crippen molar-refractivity contribution in [3.63, 3.8) is 0 Å². The summed E-state index contributed by atoms with van der Waals surface area (Å²) in [5.74, 6) is 1.22. The molecular weight excluding hydrogens is 278 g/mol. The van der Waals surface area contributed by atoms with E-state index in [0.717, 1.165) is 12.8 Å². The van der Waals surface area contributed by atoms with Crippen LogP contribution < -0.4 is 4.72 Å². The summed E-state index contributed by atoms with van der Waals surface area (Å²) in [6, 6.07) is 0. The first-order valence-corrected chi connectivity index (χ1v) is 8.63. The minimum absolute atomic E-state index is 0.105. The van der Waals surface area contributed by atoms with E-state index in [2.05, 4.69) is 4.72 Å². The highest BCUT2D eigenvalue weighted by Crippen LogP contribution is 2.27. The van der Waals surface area contributed by atoms with E-state index in [0.29, 0.717) is 29.5 Å². The average Bonchev–Trinajstić information content (AvgIpc) is 2.72. The third-order valence-corrected chi connectivity index (χ3v) is 5.66. The molecule has 1 aliphatic carbocycles. The predicted octanol–water partition coefficient (Wildman–Crippen LogP) is 2.25. The van der Waals surface area contributed by atoms with Crippen LogP contribution in [-0.2, 0) is 16.6 Å². The van der Waals surface area contributed by atoms with Crippen LogP contribution in [-0.4, -0.2) is 20.1 Å². The third kappa shape index (κ3) is 3.24. The van der Waals surface area contributed by atoms with E-state index in [9.17, 15) is 13.5 Å². The Morgan fingerprint density at radius 2 is 1.85 bits per heavy atom. The normalized spacial score (nSPS) is 17.6. The number of hydrogen-bond acceptors (Lipinski definition) is 4. The molecule has 1 aliphatic rings. The Morgan fingerprint density at radius 3 is 2.45 bits per heavy atom. The Kier molecular flexibility index (Phi) is 4.88. The van der Waals surface area contributed by atoms with Crippen molar-refractivity contribution in [1.82, 2.24) is 4.72 Å². The summed E-state index contributed by atoms with van der Waals surface area (Å²) in [6.45, 7) is 3.42. The van der Waals surface area contributed by atoms with Gasteiger partial charge in [-0.1, -0.05) is 19.3 Å². The molecule has 6 heteroatoms. The van der Waals surface area contributed by atoms with Gasteiger partial charge in [0.15, 0.2) is 0 Å². The number of aryl methyl sites for hydroxylation is 2. The largest absolute Gasteiger partial charge is 0.465 e. The highest BCUT2D eigenvalue weighted by Gasteiger charge is 2.27. The smallest absolute Gasteiger partial charge is 0.244 e. The van der Waals surface area contributed by atoms with Crippen LogP contribution >= 0.6 is 0 Å². The lowest BCUT2D eigenvalue weighted by atomic mass is 9.90. The van der Waals surface area contributed by atoms with Gasteiger partial charge in [-0.05, 0) is 32.6 Å². The van der Waals surface area contributed by atoms with E-state index in [1.807, 2.05) is 0 Å². The number of nitrogens with one attached hydrogen (secondary N) is 1. The first-order valence-electron chi connectivity index (χ1n) is 7.15. The fourth-order valence-corrected chi connectivity index (χ4v) is 4.49. The lowest BCUT2D eigenvalue weighted by Crippen LogP contribution is -2.31. The molecule has 1 aromatic rings. The van der Waals surface area contributed by atoms with Crippen molar-refractivity contribution in [1.29, 1.82) is 0 Å². The van der Waals surface area contributed by atoms with Gasteiger partial charge in [-0.25, -0.2) is 13.1 Å². The molecule has 1 aromatic heterocycles. The molecule has 0 amide bonds. The Balaban J connectivity index is 2.13. The van der Waals surface area contributed by atoms with E-state index < -0.39 is 10.0 Å². The fourth-order valence-electron chi connectivity index (χ4n) is 2.94. The maximum atomic E-state index is 12.4. The fraction of sp³-hybridized carbons (Fsp3) is 0.714. The van der Waals surface area contributed by atoms with Crippen LogP contribution in [0.3, 0.4) is 0 Å². The Bertz CT molecular complexity index is 556.